The second-order valence-electron chi connectivity index (χ2n) is 3.78. The molecule has 0 fully saturated rings. The molecule has 92 valence electrons. The SMILES string of the molecule is C=Cc1cc(-c2cc(Cl)ccc2O)cnc1NC. The highest BCUT2D eigenvalue weighted by Gasteiger charge is 2.08. The number of aromatic nitrogens is 1. The van der Waals surface area contributed by atoms with Crippen molar-refractivity contribution in [3.63, 3.8) is 0 Å². The fraction of sp³-hybridized carbons (Fsp3) is 0.0714. The third kappa shape index (κ3) is 2.31. The molecule has 0 amide bonds. The summed E-state index contributed by atoms with van der Waals surface area (Å²) in [5.74, 6) is 0.920. The fourth-order valence-electron chi connectivity index (χ4n) is 1.73. The number of nitrogens with one attached hydrogen (secondary N) is 1. The van der Waals surface area contributed by atoms with E-state index in [2.05, 4.69) is 16.9 Å². The molecular formula is C14H13ClN2O. The Hall–Kier alpha value is -2.00. The predicted octanol–water partition coefficient (Wildman–Crippen LogP) is 3.79. The molecule has 2 aromatic rings. The number of phenols is 1. The Kier molecular flexibility index (Phi) is 3.53. The number of benzene rings is 1. The van der Waals surface area contributed by atoms with Gasteiger partial charge in [0.15, 0.2) is 0 Å². The van der Waals surface area contributed by atoms with Crippen LogP contribution in [0.1, 0.15) is 5.56 Å². The van der Waals surface area contributed by atoms with Crippen LogP contribution in [0.15, 0.2) is 37.0 Å². The van der Waals surface area contributed by atoms with E-state index in [4.69, 9.17) is 11.6 Å². The molecule has 0 bridgehead atoms. The van der Waals surface area contributed by atoms with Crippen LogP contribution in [0.2, 0.25) is 5.02 Å². The van der Waals surface area contributed by atoms with Crippen molar-refractivity contribution in [1.29, 1.82) is 0 Å². The highest BCUT2D eigenvalue weighted by Crippen LogP contribution is 2.32. The molecule has 0 spiro atoms. The minimum absolute atomic E-state index is 0.174. The van der Waals surface area contributed by atoms with Crippen molar-refractivity contribution >= 4 is 23.5 Å². The number of nitrogens with zero attached hydrogens (tertiary/aromatic N) is 1. The number of anilines is 1. The Morgan fingerprint density at radius 1 is 1.39 bits per heavy atom. The van der Waals surface area contributed by atoms with Crippen LogP contribution in [0.3, 0.4) is 0 Å². The molecule has 0 aliphatic rings. The van der Waals surface area contributed by atoms with Crippen LogP contribution in [0.5, 0.6) is 5.75 Å². The van der Waals surface area contributed by atoms with E-state index < -0.39 is 0 Å². The van der Waals surface area contributed by atoms with Gasteiger partial charge in [0.1, 0.15) is 11.6 Å². The van der Waals surface area contributed by atoms with Crippen molar-refractivity contribution in [3.05, 3.63) is 47.6 Å². The second kappa shape index (κ2) is 5.10. The first kappa shape index (κ1) is 12.5. The topological polar surface area (TPSA) is 45.2 Å². The molecule has 1 aromatic carbocycles. The molecule has 0 unspecified atom stereocenters. The van der Waals surface area contributed by atoms with Gasteiger partial charge in [0.05, 0.1) is 0 Å². The van der Waals surface area contributed by atoms with E-state index >= 15 is 0 Å². The first-order valence-corrected chi connectivity index (χ1v) is 5.82. The Balaban J connectivity index is 2.57. The zero-order chi connectivity index (χ0) is 13.1. The maximum Gasteiger partial charge on any atom is 0.132 e. The summed E-state index contributed by atoms with van der Waals surface area (Å²) in [6, 6.07) is 6.82. The van der Waals surface area contributed by atoms with Gasteiger partial charge in [-0.1, -0.05) is 24.3 Å². The van der Waals surface area contributed by atoms with E-state index in [0.717, 1.165) is 16.9 Å². The van der Waals surface area contributed by atoms with E-state index in [9.17, 15) is 5.11 Å². The summed E-state index contributed by atoms with van der Waals surface area (Å²) in [5, 5.41) is 13.4. The van der Waals surface area contributed by atoms with Gasteiger partial charge in [-0.05, 0) is 24.3 Å². The molecule has 2 rings (SSSR count). The van der Waals surface area contributed by atoms with Crippen molar-refractivity contribution in [2.75, 3.05) is 12.4 Å². The fourth-order valence-corrected chi connectivity index (χ4v) is 1.91. The zero-order valence-corrected chi connectivity index (χ0v) is 10.7. The summed E-state index contributed by atoms with van der Waals surface area (Å²) < 4.78 is 0. The van der Waals surface area contributed by atoms with Crippen LogP contribution in [-0.4, -0.2) is 17.1 Å². The molecule has 0 saturated carbocycles. The zero-order valence-electron chi connectivity index (χ0n) is 9.94. The molecule has 1 aromatic heterocycles. The molecule has 0 atom stereocenters. The lowest BCUT2D eigenvalue weighted by Gasteiger charge is -2.09. The lowest BCUT2D eigenvalue weighted by atomic mass is 10.0. The Morgan fingerprint density at radius 2 is 2.17 bits per heavy atom. The van der Waals surface area contributed by atoms with Gasteiger partial charge in [-0.3, -0.25) is 0 Å². The minimum atomic E-state index is 0.174. The van der Waals surface area contributed by atoms with E-state index in [-0.39, 0.29) is 5.75 Å². The Morgan fingerprint density at radius 3 is 2.83 bits per heavy atom. The number of pyridine rings is 1. The third-order valence-corrected chi connectivity index (χ3v) is 2.88. The molecule has 0 radical (unpaired) electrons. The summed E-state index contributed by atoms with van der Waals surface area (Å²) >= 11 is 5.93. The van der Waals surface area contributed by atoms with E-state index in [1.54, 1.807) is 37.5 Å². The molecule has 1 heterocycles. The van der Waals surface area contributed by atoms with Gasteiger partial charge in [0.2, 0.25) is 0 Å². The van der Waals surface area contributed by atoms with Crippen molar-refractivity contribution in [3.8, 4) is 16.9 Å². The number of hydrogen-bond acceptors (Lipinski definition) is 3. The second-order valence-corrected chi connectivity index (χ2v) is 4.21. The Bertz CT molecular complexity index is 596. The van der Waals surface area contributed by atoms with Crippen molar-refractivity contribution in [2.24, 2.45) is 0 Å². The molecular weight excluding hydrogens is 248 g/mol. The third-order valence-electron chi connectivity index (χ3n) is 2.64. The van der Waals surface area contributed by atoms with Crippen LogP contribution in [0.4, 0.5) is 5.82 Å². The minimum Gasteiger partial charge on any atom is -0.507 e. The largest absolute Gasteiger partial charge is 0.507 e. The van der Waals surface area contributed by atoms with Crippen LogP contribution in [-0.2, 0) is 0 Å². The first-order valence-electron chi connectivity index (χ1n) is 5.45. The van der Waals surface area contributed by atoms with E-state index in [1.807, 2.05) is 6.07 Å². The summed E-state index contributed by atoms with van der Waals surface area (Å²) in [7, 11) is 1.80. The molecule has 3 nitrogen and oxygen atoms in total. The van der Waals surface area contributed by atoms with Gasteiger partial charge in [-0.15, -0.1) is 0 Å². The number of halogens is 1. The van der Waals surface area contributed by atoms with Gasteiger partial charge in [-0.25, -0.2) is 4.98 Å². The maximum atomic E-state index is 9.85. The van der Waals surface area contributed by atoms with E-state index in [0.29, 0.717) is 10.6 Å². The first-order chi connectivity index (χ1) is 8.65. The monoisotopic (exact) mass is 260 g/mol. The number of hydrogen-bond donors (Lipinski definition) is 2. The summed E-state index contributed by atoms with van der Waals surface area (Å²) in [4.78, 5) is 4.28. The molecule has 0 aliphatic heterocycles. The molecule has 4 heteroatoms. The van der Waals surface area contributed by atoms with Crippen molar-refractivity contribution < 1.29 is 5.11 Å². The molecule has 18 heavy (non-hydrogen) atoms. The number of rotatable bonds is 3. The quantitative estimate of drug-likeness (QED) is 0.883. The smallest absolute Gasteiger partial charge is 0.132 e. The van der Waals surface area contributed by atoms with Gasteiger partial charge < -0.3 is 10.4 Å². The lowest BCUT2D eigenvalue weighted by molar-refractivity contribution is 0.477. The van der Waals surface area contributed by atoms with Gasteiger partial charge in [-0.2, -0.15) is 0 Å². The van der Waals surface area contributed by atoms with E-state index in [1.165, 1.54) is 0 Å². The van der Waals surface area contributed by atoms with Crippen LogP contribution in [0.25, 0.3) is 17.2 Å². The van der Waals surface area contributed by atoms with Crippen LogP contribution >= 0.6 is 11.6 Å². The molecule has 0 aliphatic carbocycles. The Labute approximate surface area is 111 Å². The van der Waals surface area contributed by atoms with Crippen molar-refractivity contribution in [2.45, 2.75) is 0 Å². The summed E-state index contributed by atoms with van der Waals surface area (Å²) in [5.41, 5.74) is 2.32. The number of phenolic OH excluding ortho intramolecular Hbond substituents is 1. The predicted molar refractivity (Wildman–Crippen MR) is 76.0 cm³/mol. The average Bonchev–Trinajstić information content (AvgIpc) is 2.40. The lowest BCUT2D eigenvalue weighted by Crippen LogP contribution is -1.95. The number of aromatic hydroxyl groups is 1. The van der Waals surface area contributed by atoms with Crippen LogP contribution in [0, 0.1) is 0 Å². The maximum absolute atomic E-state index is 9.85. The summed E-state index contributed by atoms with van der Waals surface area (Å²) in [6.45, 7) is 3.75. The highest BCUT2D eigenvalue weighted by atomic mass is 35.5. The standard InChI is InChI=1S/C14H13ClN2O/c1-3-9-6-10(8-17-14(9)16-2)12-7-11(15)4-5-13(12)18/h3-8,18H,1H2,2H3,(H,16,17). The summed E-state index contributed by atoms with van der Waals surface area (Å²) in [6.07, 6.45) is 3.40. The van der Waals surface area contributed by atoms with Gasteiger partial charge >= 0.3 is 0 Å². The average molecular weight is 261 g/mol. The molecule has 2 N–H and O–H groups in total. The molecule has 0 saturated heterocycles. The normalized spacial score (nSPS) is 10.1. The highest BCUT2D eigenvalue weighted by molar-refractivity contribution is 6.31. The van der Waals surface area contributed by atoms with Crippen LogP contribution < -0.4 is 5.32 Å². The van der Waals surface area contributed by atoms with Gasteiger partial charge in [0, 0.05) is 35.0 Å². The van der Waals surface area contributed by atoms with Crippen molar-refractivity contribution in [1.82, 2.24) is 4.98 Å². The van der Waals surface area contributed by atoms with Gasteiger partial charge in [0.25, 0.3) is 0 Å².